The molecule has 0 aromatic rings. The van der Waals surface area contributed by atoms with Gasteiger partial charge in [-0.3, -0.25) is 0 Å². The Hall–Kier alpha value is -1.40. The van der Waals surface area contributed by atoms with Gasteiger partial charge in [-0.15, -0.1) is 6.58 Å². The second-order valence-corrected chi connectivity index (χ2v) is 5.33. The third kappa shape index (κ3) is 7.58. The van der Waals surface area contributed by atoms with Crippen molar-refractivity contribution in [2.24, 2.45) is 17.4 Å². The standard InChI is InChI=1S/C13H24N2O4/c1-5-6-10(14)7-11(16)18-19-12(17)13(4,15)8-9(2)3/h5,9-10H,1,6-8,14-15H2,2-4H3. The fourth-order valence-electron chi connectivity index (χ4n) is 1.66. The summed E-state index contributed by atoms with van der Waals surface area (Å²) in [6.07, 6.45) is 2.46. The van der Waals surface area contributed by atoms with Crippen LogP contribution in [0.3, 0.4) is 0 Å². The molecule has 0 saturated heterocycles. The molecule has 0 spiro atoms. The van der Waals surface area contributed by atoms with Crippen LogP contribution >= 0.6 is 0 Å². The monoisotopic (exact) mass is 272 g/mol. The number of carbonyl (C=O) groups excluding carboxylic acids is 2. The quantitative estimate of drug-likeness (QED) is 0.407. The predicted molar refractivity (Wildman–Crippen MR) is 71.6 cm³/mol. The summed E-state index contributed by atoms with van der Waals surface area (Å²) in [5.74, 6) is -1.26. The molecule has 2 unspecified atom stereocenters. The van der Waals surface area contributed by atoms with Crippen LogP contribution < -0.4 is 11.5 Å². The molecule has 0 aliphatic heterocycles. The van der Waals surface area contributed by atoms with Crippen molar-refractivity contribution < 1.29 is 19.4 Å². The smallest absolute Gasteiger partial charge is 0.327 e. The van der Waals surface area contributed by atoms with E-state index in [1.54, 1.807) is 6.08 Å². The fourth-order valence-corrected chi connectivity index (χ4v) is 1.66. The van der Waals surface area contributed by atoms with E-state index in [2.05, 4.69) is 16.4 Å². The highest BCUT2D eigenvalue weighted by Crippen LogP contribution is 2.15. The molecule has 0 rings (SSSR count). The maximum Gasteiger partial charge on any atom is 0.374 e. The van der Waals surface area contributed by atoms with Crippen molar-refractivity contribution in [2.45, 2.75) is 51.6 Å². The normalized spacial score (nSPS) is 15.5. The van der Waals surface area contributed by atoms with Crippen molar-refractivity contribution in [1.29, 1.82) is 0 Å². The Kier molecular flexibility index (Phi) is 7.33. The Bertz CT molecular complexity index is 327. The molecule has 2 atom stereocenters. The molecule has 19 heavy (non-hydrogen) atoms. The summed E-state index contributed by atoms with van der Waals surface area (Å²) < 4.78 is 0. The van der Waals surface area contributed by atoms with Gasteiger partial charge in [0, 0.05) is 6.04 Å². The van der Waals surface area contributed by atoms with Crippen molar-refractivity contribution in [3.8, 4) is 0 Å². The summed E-state index contributed by atoms with van der Waals surface area (Å²) in [5, 5.41) is 0. The maximum atomic E-state index is 11.6. The molecule has 4 N–H and O–H groups in total. The maximum absolute atomic E-state index is 11.6. The van der Waals surface area contributed by atoms with Crippen molar-refractivity contribution in [3.63, 3.8) is 0 Å². The molecule has 0 radical (unpaired) electrons. The average molecular weight is 272 g/mol. The van der Waals surface area contributed by atoms with E-state index in [1.807, 2.05) is 13.8 Å². The van der Waals surface area contributed by atoms with Gasteiger partial charge in [-0.2, -0.15) is 0 Å². The highest BCUT2D eigenvalue weighted by Gasteiger charge is 2.33. The van der Waals surface area contributed by atoms with Gasteiger partial charge < -0.3 is 11.5 Å². The van der Waals surface area contributed by atoms with Gasteiger partial charge in [-0.05, 0) is 25.7 Å². The van der Waals surface area contributed by atoms with E-state index in [1.165, 1.54) is 6.92 Å². The minimum atomic E-state index is -1.18. The zero-order valence-electron chi connectivity index (χ0n) is 11.8. The molecule has 0 aromatic heterocycles. The van der Waals surface area contributed by atoms with Crippen LogP contribution in [0.2, 0.25) is 0 Å². The molecule has 0 fully saturated rings. The summed E-state index contributed by atoms with van der Waals surface area (Å²) in [6.45, 7) is 8.90. The van der Waals surface area contributed by atoms with E-state index in [0.29, 0.717) is 12.8 Å². The summed E-state index contributed by atoms with van der Waals surface area (Å²) in [4.78, 5) is 31.8. The summed E-state index contributed by atoms with van der Waals surface area (Å²) >= 11 is 0. The van der Waals surface area contributed by atoms with Crippen molar-refractivity contribution >= 4 is 11.9 Å². The predicted octanol–water partition coefficient (Wildman–Crippen LogP) is 1.04. The molecule has 0 heterocycles. The molecule has 0 amide bonds. The van der Waals surface area contributed by atoms with Crippen LogP contribution in [0.1, 0.15) is 40.0 Å². The lowest BCUT2D eigenvalue weighted by Gasteiger charge is -2.22. The van der Waals surface area contributed by atoms with Crippen LogP contribution in [0, 0.1) is 5.92 Å². The minimum absolute atomic E-state index is 0.0508. The highest BCUT2D eigenvalue weighted by molar-refractivity contribution is 5.80. The SMILES string of the molecule is C=CCC(N)CC(=O)OOC(=O)C(C)(N)CC(C)C. The zero-order valence-corrected chi connectivity index (χ0v) is 11.8. The Labute approximate surface area is 114 Å². The van der Waals surface area contributed by atoms with Gasteiger partial charge in [0.2, 0.25) is 0 Å². The molecule has 0 aliphatic rings. The molecule has 6 nitrogen and oxygen atoms in total. The second kappa shape index (κ2) is 7.91. The number of nitrogens with two attached hydrogens (primary N) is 2. The first-order chi connectivity index (χ1) is 8.69. The third-order valence-corrected chi connectivity index (χ3v) is 2.41. The Morgan fingerprint density at radius 1 is 1.37 bits per heavy atom. The van der Waals surface area contributed by atoms with E-state index >= 15 is 0 Å². The third-order valence-electron chi connectivity index (χ3n) is 2.41. The number of rotatable bonds is 7. The van der Waals surface area contributed by atoms with Crippen LogP contribution in [0.25, 0.3) is 0 Å². The zero-order chi connectivity index (χ0) is 15.1. The Balaban J connectivity index is 4.15. The number of carbonyl (C=O) groups is 2. The van der Waals surface area contributed by atoms with E-state index in [0.717, 1.165) is 0 Å². The first-order valence-electron chi connectivity index (χ1n) is 6.26. The van der Waals surface area contributed by atoms with Gasteiger partial charge in [0.1, 0.15) is 5.54 Å². The number of hydrogen-bond donors (Lipinski definition) is 2. The summed E-state index contributed by atoms with van der Waals surface area (Å²) in [7, 11) is 0. The van der Waals surface area contributed by atoms with Crippen molar-refractivity contribution in [3.05, 3.63) is 12.7 Å². The Morgan fingerprint density at radius 3 is 2.42 bits per heavy atom. The highest BCUT2D eigenvalue weighted by atomic mass is 17.2. The molecular weight excluding hydrogens is 248 g/mol. The molecule has 0 aliphatic carbocycles. The Morgan fingerprint density at radius 2 is 1.95 bits per heavy atom. The van der Waals surface area contributed by atoms with E-state index in [-0.39, 0.29) is 12.3 Å². The molecule has 0 saturated carbocycles. The van der Waals surface area contributed by atoms with E-state index in [9.17, 15) is 9.59 Å². The van der Waals surface area contributed by atoms with Crippen LogP contribution in [-0.4, -0.2) is 23.5 Å². The first kappa shape index (κ1) is 17.6. The van der Waals surface area contributed by atoms with Crippen LogP contribution in [0.15, 0.2) is 12.7 Å². The van der Waals surface area contributed by atoms with E-state index < -0.39 is 23.5 Å². The molecule has 6 heteroatoms. The van der Waals surface area contributed by atoms with Gasteiger partial charge in [0.05, 0.1) is 6.42 Å². The number of hydrogen-bond acceptors (Lipinski definition) is 6. The first-order valence-corrected chi connectivity index (χ1v) is 6.26. The van der Waals surface area contributed by atoms with Crippen LogP contribution in [0.5, 0.6) is 0 Å². The van der Waals surface area contributed by atoms with Gasteiger partial charge in [-0.25, -0.2) is 19.4 Å². The summed E-state index contributed by atoms with van der Waals surface area (Å²) in [5.41, 5.74) is 10.2. The summed E-state index contributed by atoms with van der Waals surface area (Å²) in [6, 6.07) is -0.399. The molecule has 0 bridgehead atoms. The van der Waals surface area contributed by atoms with E-state index in [4.69, 9.17) is 11.5 Å². The van der Waals surface area contributed by atoms with Crippen molar-refractivity contribution in [1.82, 2.24) is 0 Å². The fraction of sp³-hybridized carbons (Fsp3) is 0.692. The van der Waals surface area contributed by atoms with Crippen molar-refractivity contribution in [2.75, 3.05) is 0 Å². The van der Waals surface area contributed by atoms with Crippen LogP contribution in [-0.2, 0) is 19.4 Å². The lowest BCUT2D eigenvalue weighted by molar-refractivity contribution is -0.263. The van der Waals surface area contributed by atoms with Gasteiger partial charge in [0.25, 0.3) is 0 Å². The van der Waals surface area contributed by atoms with Gasteiger partial charge in [-0.1, -0.05) is 19.9 Å². The van der Waals surface area contributed by atoms with Gasteiger partial charge >= 0.3 is 11.9 Å². The van der Waals surface area contributed by atoms with Crippen LogP contribution in [0.4, 0.5) is 0 Å². The minimum Gasteiger partial charge on any atom is -0.327 e. The molecule has 110 valence electrons. The topological polar surface area (TPSA) is 105 Å². The molecule has 0 aromatic carbocycles. The van der Waals surface area contributed by atoms with Gasteiger partial charge in [0.15, 0.2) is 0 Å². The lowest BCUT2D eigenvalue weighted by Crippen LogP contribution is -2.47. The lowest BCUT2D eigenvalue weighted by atomic mass is 9.92. The second-order valence-electron chi connectivity index (χ2n) is 5.33. The average Bonchev–Trinajstić information content (AvgIpc) is 2.24. The molecular formula is C13H24N2O4. The largest absolute Gasteiger partial charge is 0.374 e.